The summed E-state index contributed by atoms with van der Waals surface area (Å²) < 4.78 is 0. The van der Waals surface area contributed by atoms with E-state index in [0.29, 0.717) is 5.69 Å². The molecule has 0 radical (unpaired) electrons. The maximum absolute atomic E-state index is 11.7. The zero-order chi connectivity index (χ0) is 13.7. The molecule has 1 rings (SSSR count). The summed E-state index contributed by atoms with van der Waals surface area (Å²) in [4.78, 5) is 23.9. The first-order valence-corrected chi connectivity index (χ1v) is 5.69. The number of hydrogen-bond donors (Lipinski definition) is 2. The van der Waals surface area contributed by atoms with Crippen LogP contribution in [0, 0.1) is 6.92 Å². The molecule has 1 aromatic carbocycles. The number of aliphatic carboxylic acids is 1. The molecule has 0 aliphatic rings. The van der Waals surface area contributed by atoms with E-state index in [1.54, 1.807) is 14.0 Å². The van der Waals surface area contributed by atoms with E-state index in [2.05, 4.69) is 5.32 Å². The molecule has 0 bridgehead atoms. The zero-order valence-corrected chi connectivity index (χ0v) is 10.8. The maximum atomic E-state index is 11.7. The molecule has 0 aliphatic carbocycles. The van der Waals surface area contributed by atoms with Crippen molar-refractivity contribution in [1.29, 1.82) is 0 Å². The third-order valence-electron chi connectivity index (χ3n) is 2.75. The molecule has 1 amide bonds. The Labute approximate surface area is 106 Å². The lowest BCUT2D eigenvalue weighted by molar-refractivity contribution is -0.142. The van der Waals surface area contributed by atoms with E-state index in [9.17, 15) is 9.59 Å². The number of aryl methyl sites for hydroxylation is 1. The van der Waals surface area contributed by atoms with E-state index >= 15 is 0 Å². The number of carboxylic acid groups (broad SMARTS) is 1. The van der Waals surface area contributed by atoms with E-state index in [4.69, 9.17) is 5.11 Å². The Hall–Kier alpha value is -1.88. The third kappa shape index (κ3) is 4.18. The average molecular weight is 250 g/mol. The molecule has 98 valence electrons. The quantitative estimate of drug-likeness (QED) is 0.827. The molecule has 0 heterocycles. The summed E-state index contributed by atoms with van der Waals surface area (Å²) in [7, 11) is 1.60. The number of amides is 1. The van der Waals surface area contributed by atoms with Gasteiger partial charge in [-0.1, -0.05) is 17.7 Å². The summed E-state index contributed by atoms with van der Waals surface area (Å²) in [5.74, 6) is -1.17. The van der Waals surface area contributed by atoms with Crippen LogP contribution in [0.25, 0.3) is 0 Å². The number of anilines is 1. The van der Waals surface area contributed by atoms with Crippen molar-refractivity contribution in [2.75, 3.05) is 18.9 Å². The highest BCUT2D eigenvalue weighted by Gasteiger charge is 2.18. The Balaban J connectivity index is 2.51. The Kier molecular flexibility index (Phi) is 4.85. The van der Waals surface area contributed by atoms with Crippen LogP contribution in [-0.2, 0) is 9.59 Å². The van der Waals surface area contributed by atoms with Crippen molar-refractivity contribution in [3.05, 3.63) is 29.8 Å². The number of hydrogen-bond acceptors (Lipinski definition) is 3. The van der Waals surface area contributed by atoms with Gasteiger partial charge in [-0.25, -0.2) is 0 Å². The Bertz CT molecular complexity index is 428. The predicted octanol–water partition coefficient (Wildman–Crippen LogP) is 1.34. The van der Waals surface area contributed by atoms with E-state index < -0.39 is 12.0 Å². The standard InChI is InChI=1S/C13H18N2O3/c1-9-4-6-11(7-5-9)14-12(16)8-15(3)10(2)13(17)18/h4-7,10H,8H2,1-3H3,(H,14,16)(H,17,18). The molecule has 2 N–H and O–H groups in total. The van der Waals surface area contributed by atoms with Gasteiger partial charge < -0.3 is 10.4 Å². The summed E-state index contributed by atoms with van der Waals surface area (Å²) >= 11 is 0. The summed E-state index contributed by atoms with van der Waals surface area (Å²) in [6.45, 7) is 3.55. The van der Waals surface area contributed by atoms with Gasteiger partial charge in [0.05, 0.1) is 6.54 Å². The fourth-order valence-electron chi connectivity index (χ4n) is 1.39. The third-order valence-corrected chi connectivity index (χ3v) is 2.75. The lowest BCUT2D eigenvalue weighted by Crippen LogP contribution is -2.40. The van der Waals surface area contributed by atoms with Gasteiger partial charge in [0.1, 0.15) is 6.04 Å². The van der Waals surface area contributed by atoms with Gasteiger partial charge in [0.15, 0.2) is 0 Å². The normalized spacial score (nSPS) is 12.2. The molecule has 1 unspecified atom stereocenters. The highest BCUT2D eigenvalue weighted by Crippen LogP contribution is 2.08. The molecular weight excluding hydrogens is 232 g/mol. The lowest BCUT2D eigenvalue weighted by atomic mass is 10.2. The van der Waals surface area contributed by atoms with Crippen molar-refractivity contribution < 1.29 is 14.7 Å². The second-order valence-corrected chi connectivity index (χ2v) is 4.34. The number of nitrogens with one attached hydrogen (secondary N) is 1. The fourth-order valence-corrected chi connectivity index (χ4v) is 1.39. The predicted molar refractivity (Wildman–Crippen MR) is 69.5 cm³/mol. The van der Waals surface area contributed by atoms with Crippen LogP contribution in [0.15, 0.2) is 24.3 Å². The van der Waals surface area contributed by atoms with Crippen LogP contribution < -0.4 is 5.32 Å². The van der Waals surface area contributed by atoms with Gasteiger partial charge in [0.2, 0.25) is 5.91 Å². The Morgan fingerprint density at radius 2 is 1.89 bits per heavy atom. The number of carbonyl (C=O) groups excluding carboxylic acids is 1. The fraction of sp³-hybridized carbons (Fsp3) is 0.385. The maximum Gasteiger partial charge on any atom is 0.320 e. The van der Waals surface area contributed by atoms with Crippen molar-refractivity contribution >= 4 is 17.6 Å². The Morgan fingerprint density at radius 1 is 1.33 bits per heavy atom. The van der Waals surface area contributed by atoms with Gasteiger partial charge in [-0.2, -0.15) is 0 Å². The highest BCUT2D eigenvalue weighted by atomic mass is 16.4. The van der Waals surface area contributed by atoms with Gasteiger partial charge in [-0.05, 0) is 33.0 Å². The molecule has 0 aliphatic heterocycles. The van der Waals surface area contributed by atoms with Crippen LogP contribution >= 0.6 is 0 Å². The Morgan fingerprint density at radius 3 is 2.39 bits per heavy atom. The van der Waals surface area contributed by atoms with Gasteiger partial charge in [0, 0.05) is 5.69 Å². The molecular formula is C13H18N2O3. The van der Waals surface area contributed by atoms with Crippen LogP contribution in [0.4, 0.5) is 5.69 Å². The smallest absolute Gasteiger partial charge is 0.320 e. The van der Waals surface area contributed by atoms with Gasteiger partial charge in [-0.15, -0.1) is 0 Å². The molecule has 18 heavy (non-hydrogen) atoms. The summed E-state index contributed by atoms with van der Waals surface area (Å²) in [5, 5.41) is 11.5. The number of carboxylic acids is 1. The number of benzene rings is 1. The SMILES string of the molecule is Cc1ccc(NC(=O)CN(C)C(C)C(=O)O)cc1. The van der Waals surface area contributed by atoms with E-state index in [1.165, 1.54) is 4.90 Å². The minimum Gasteiger partial charge on any atom is -0.480 e. The average Bonchev–Trinajstić information content (AvgIpc) is 2.30. The van der Waals surface area contributed by atoms with Crippen LogP contribution in [0.2, 0.25) is 0 Å². The lowest BCUT2D eigenvalue weighted by Gasteiger charge is -2.20. The summed E-state index contributed by atoms with van der Waals surface area (Å²) in [6, 6.07) is 6.74. The molecule has 5 nitrogen and oxygen atoms in total. The van der Waals surface area contributed by atoms with Gasteiger partial charge >= 0.3 is 5.97 Å². The zero-order valence-electron chi connectivity index (χ0n) is 10.8. The number of nitrogens with zero attached hydrogens (tertiary/aromatic N) is 1. The molecule has 1 atom stereocenters. The van der Waals surface area contributed by atoms with Crippen molar-refractivity contribution in [1.82, 2.24) is 4.90 Å². The molecule has 1 aromatic rings. The van der Waals surface area contributed by atoms with Crippen molar-refractivity contribution in [2.45, 2.75) is 19.9 Å². The van der Waals surface area contributed by atoms with Gasteiger partial charge in [0.25, 0.3) is 0 Å². The van der Waals surface area contributed by atoms with E-state index in [-0.39, 0.29) is 12.5 Å². The van der Waals surface area contributed by atoms with Crippen LogP contribution in [0.5, 0.6) is 0 Å². The molecule has 0 fully saturated rings. The molecule has 0 aromatic heterocycles. The number of carbonyl (C=O) groups is 2. The van der Waals surface area contributed by atoms with E-state index in [1.807, 2.05) is 31.2 Å². The highest BCUT2D eigenvalue weighted by molar-refractivity contribution is 5.92. The minimum atomic E-state index is -0.944. The van der Waals surface area contributed by atoms with Crippen LogP contribution in [0.1, 0.15) is 12.5 Å². The molecule has 0 saturated heterocycles. The molecule has 0 spiro atoms. The molecule has 0 saturated carbocycles. The van der Waals surface area contributed by atoms with Crippen molar-refractivity contribution in [3.63, 3.8) is 0 Å². The largest absolute Gasteiger partial charge is 0.480 e. The summed E-state index contributed by atoms with van der Waals surface area (Å²) in [5.41, 5.74) is 1.83. The van der Waals surface area contributed by atoms with Gasteiger partial charge in [-0.3, -0.25) is 14.5 Å². The molecule has 5 heteroatoms. The second kappa shape index (κ2) is 6.16. The van der Waals surface area contributed by atoms with Crippen molar-refractivity contribution in [2.24, 2.45) is 0 Å². The first-order chi connectivity index (χ1) is 8.40. The minimum absolute atomic E-state index is 0.0430. The van der Waals surface area contributed by atoms with Crippen molar-refractivity contribution in [3.8, 4) is 0 Å². The monoisotopic (exact) mass is 250 g/mol. The second-order valence-electron chi connectivity index (χ2n) is 4.34. The summed E-state index contributed by atoms with van der Waals surface area (Å²) in [6.07, 6.45) is 0. The topological polar surface area (TPSA) is 69.6 Å². The number of likely N-dealkylation sites (N-methyl/N-ethyl adjacent to an activating group) is 1. The van der Waals surface area contributed by atoms with Crippen LogP contribution in [-0.4, -0.2) is 41.5 Å². The van der Waals surface area contributed by atoms with E-state index in [0.717, 1.165) is 5.56 Å². The van der Waals surface area contributed by atoms with Crippen LogP contribution in [0.3, 0.4) is 0 Å². The number of rotatable bonds is 5. The first kappa shape index (κ1) is 14.2. The first-order valence-electron chi connectivity index (χ1n) is 5.69.